The Morgan fingerprint density at radius 3 is 2.07 bits per heavy atom. The van der Waals surface area contributed by atoms with E-state index in [0.717, 1.165) is 11.5 Å². The summed E-state index contributed by atoms with van der Waals surface area (Å²) in [4.78, 5) is 0. The molecule has 1 nitrogen and oxygen atoms in total. The molecule has 0 saturated heterocycles. The van der Waals surface area contributed by atoms with Gasteiger partial charge in [-0.1, -0.05) is 58.6 Å². The van der Waals surface area contributed by atoms with Gasteiger partial charge in [0.05, 0.1) is 0 Å². The summed E-state index contributed by atoms with van der Waals surface area (Å²) in [6, 6.07) is 0.216. The van der Waals surface area contributed by atoms with Crippen LogP contribution in [0, 0.1) is 11.8 Å². The maximum atomic E-state index is 6.04. The van der Waals surface area contributed by atoms with E-state index in [0.29, 0.717) is 5.92 Å². The predicted octanol–water partition coefficient (Wildman–Crippen LogP) is 3.74. The lowest BCUT2D eigenvalue weighted by atomic mass is 9.84. The van der Waals surface area contributed by atoms with Crippen molar-refractivity contribution >= 4 is 0 Å². The molecule has 0 bridgehead atoms. The highest BCUT2D eigenvalue weighted by molar-refractivity contribution is 5.03. The van der Waals surface area contributed by atoms with Gasteiger partial charge in [0.15, 0.2) is 0 Å². The number of hydrogen-bond donors (Lipinski definition) is 1. The van der Waals surface area contributed by atoms with Gasteiger partial charge < -0.3 is 5.73 Å². The highest BCUT2D eigenvalue weighted by Crippen LogP contribution is 2.33. The van der Waals surface area contributed by atoms with Crippen molar-refractivity contribution in [3.05, 3.63) is 12.2 Å². The zero-order valence-corrected chi connectivity index (χ0v) is 10.3. The first-order valence-electron chi connectivity index (χ1n) is 6.04. The Labute approximate surface area is 89.8 Å². The van der Waals surface area contributed by atoms with E-state index < -0.39 is 0 Å². The molecule has 0 heterocycles. The normalized spacial score (nSPS) is 20.9. The van der Waals surface area contributed by atoms with Crippen molar-refractivity contribution in [2.75, 3.05) is 0 Å². The van der Waals surface area contributed by atoms with Crippen LogP contribution < -0.4 is 5.73 Å². The molecule has 1 fully saturated rings. The molecule has 0 spiro atoms. The molecule has 0 radical (unpaired) electrons. The topological polar surface area (TPSA) is 26.0 Å². The highest BCUT2D eigenvalue weighted by atomic mass is 14.7. The van der Waals surface area contributed by atoms with E-state index in [-0.39, 0.29) is 6.04 Å². The van der Waals surface area contributed by atoms with Crippen molar-refractivity contribution in [2.45, 2.75) is 59.4 Å². The predicted molar refractivity (Wildman–Crippen MR) is 65.3 cm³/mol. The molecule has 2 N–H and O–H groups in total. The first-order valence-corrected chi connectivity index (χ1v) is 6.04. The van der Waals surface area contributed by atoms with Crippen LogP contribution in [0.25, 0.3) is 0 Å². The van der Waals surface area contributed by atoms with Crippen molar-refractivity contribution in [1.29, 1.82) is 0 Å². The average molecular weight is 197 g/mol. The zero-order chi connectivity index (χ0) is 11.1. The number of rotatable bonds is 3. The van der Waals surface area contributed by atoms with Crippen LogP contribution in [0.1, 0.15) is 53.4 Å². The van der Waals surface area contributed by atoms with Crippen molar-refractivity contribution in [3.63, 3.8) is 0 Å². The average Bonchev–Trinajstić information content (AvgIpc) is 2.71. The lowest BCUT2D eigenvalue weighted by molar-refractivity contribution is 0.331. The Bertz CT molecular complexity index is 157. The van der Waals surface area contributed by atoms with E-state index in [1.807, 2.05) is 20.8 Å². The maximum absolute atomic E-state index is 6.04. The Balaban J connectivity index is 0.000000791. The summed E-state index contributed by atoms with van der Waals surface area (Å²) >= 11 is 0. The van der Waals surface area contributed by atoms with E-state index >= 15 is 0 Å². The Hall–Kier alpha value is -0.300. The molecule has 1 saturated carbocycles. The summed E-state index contributed by atoms with van der Waals surface area (Å²) in [6.45, 7) is 12.2. The SMILES string of the molecule is C=C(C)C(N)C(C)C1CCCC1.CC. The molecule has 84 valence electrons. The van der Waals surface area contributed by atoms with Gasteiger partial charge in [-0.05, 0) is 18.8 Å². The Morgan fingerprint density at radius 1 is 1.29 bits per heavy atom. The molecule has 0 aromatic heterocycles. The van der Waals surface area contributed by atoms with Crippen molar-refractivity contribution in [1.82, 2.24) is 0 Å². The first-order chi connectivity index (χ1) is 6.63. The number of nitrogens with two attached hydrogens (primary N) is 1. The summed E-state index contributed by atoms with van der Waals surface area (Å²) in [5, 5.41) is 0. The minimum absolute atomic E-state index is 0.216. The summed E-state index contributed by atoms with van der Waals surface area (Å²) in [6.07, 6.45) is 5.56. The minimum Gasteiger partial charge on any atom is -0.324 e. The van der Waals surface area contributed by atoms with E-state index in [1.54, 1.807) is 0 Å². The standard InChI is InChI=1S/C11H21N.C2H6/c1-8(2)11(12)9(3)10-6-4-5-7-10;1-2/h9-11H,1,4-7,12H2,2-3H3;1-2H3. The van der Waals surface area contributed by atoms with E-state index in [1.165, 1.54) is 25.7 Å². The smallest absolute Gasteiger partial charge is 0.0276 e. The second-order valence-electron chi connectivity index (χ2n) is 4.28. The highest BCUT2D eigenvalue weighted by Gasteiger charge is 2.25. The van der Waals surface area contributed by atoms with Gasteiger partial charge in [-0.2, -0.15) is 0 Å². The monoisotopic (exact) mass is 197 g/mol. The fourth-order valence-electron chi connectivity index (χ4n) is 2.23. The molecule has 1 aliphatic carbocycles. The fraction of sp³-hybridized carbons (Fsp3) is 0.846. The van der Waals surface area contributed by atoms with Gasteiger partial charge in [0.1, 0.15) is 0 Å². The van der Waals surface area contributed by atoms with Gasteiger partial charge in [0.25, 0.3) is 0 Å². The van der Waals surface area contributed by atoms with Crippen LogP contribution in [-0.2, 0) is 0 Å². The molecule has 14 heavy (non-hydrogen) atoms. The van der Waals surface area contributed by atoms with E-state index in [4.69, 9.17) is 5.73 Å². The quantitative estimate of drug-likeness (QED) is 0.685. The van der Waals surface area contributed by atoms with Crippen LogP contribution in [0.5, 0.6) is 0 Å². The molecular weight excluding hydrogens is 170 g/mol. The summed E-state index contributed by atoms with van der Waals surface area (Å²) < 4.78 is 0. The first kappa shape index (κ1) is 13.7. The Morgan fingerprint density at radius 2 is 1.71 bits per heavy atom. The van der Waals surface area contributed by atoms with Crippen LogP contribution in [-0.4, -0.2) is 6.04 Å². The van der Waals surface area contributed by atoms with Gasteiger partial charge in [-0.15, -0.1) is 0 Å². The second-order valence-corrected chi connectivity index (χ2v) is 4.28. The van der Waals surface area contributed by atoms with Crippen LogP contribution in [0.3, 0.4) is 0 Å². The minimum atomic E-state index is 0.216. The molecule has 2 unspecified atom stereocenters. The second kappa shape index (κ2) is 7.05. The van der Waals surface area contributed by atoms with Crippen LogP contribution >= 0.6 is 0 Å². The molecule has 1 aliphatic rings. The van der Waals surface area contributed by atoms with Gasteiger partial charge in [-0.3, -0.25) is 0 Å². The van der Waals surface area contributed by atoms with Crippen LogP contribution in [0.15, 0.2) is 12.2 Å². The molecule has 0 aromatic rings. The third-order valence-corrected chi connectivity index (χ3v) is 3.28. The van der Waals surface area contributed by atoms with Gasteiger partial charge >= 0.3 is 0 Å². The van der Waals surface area contributed by atoms with Gasteiger partial charge in [0.2, 0.25) is 0 Å². The molecule has 1 rings (SSSR count). The maximum Gasteiger partial charge on any atom is 0.0276 e. The lowest BCUT2D eigenvalue weighted by Crippen LogP contribution is -2.33. The lowest BCUT2D eigenvalue weighted by Gasteiger charge is -2.25. The van der Waals surface area contributed by atoms with Crippen molar-refractivity contribution in [3.8, 4) is 0 Å². The van der Waals surface area contributed by atoms with Gasteiger partial charge in [0, 0.05) is 6.04 Å². The molecule has 0 aromatic carbocycles. The van der Waals surface area contributed by atoms with Crippen molar-refractivity contribution in [2.24, 2.45) is 17.6 Å². The molecule has 2 atom stereocenters. The van der Waals surface area contributed by atoms with E-state index in [2.05, 4.69) is 13.5 Å². The van der Waals surface area contributed by atoms with Crippen LogP contribution in [0.2, 0.25) is 0 Å². The summed E-state index contributed by atoms with van der Waals surface area (Å²) in [5.74, 6) is 1.49. The van der Waals surface area contributed by atoms with Gasteiger partial charge in [-0.25, -0.2) is 0 Å². The van der Waals surface area contributed by atoms with E-state index in [9.17, 15) is 0 Å². The molecule has 0 amide bonds. The third-order valence-electron chi connectivity index (χ3n) is 3.28. The largest absolute Gasteiger partial charge is 0.324 e. The molecule has 1 heteroatoms. The zero-order valence-electron chi connectivity index (χ0n) is 10.3. The molecular formula is C13H27N. The summed E-state index contributed by atoms with van der Waals surface area (Å²) in [5.41, 5.74) is 7.17. The van der Waals surface area contributed by atoms with Crippen molar-refractivity contribution < 1.29 is 0 Å². The third kappa shape index (κ3) is 3.83. The Kier molecular flexibility index (Phi) is 6.90. The number of hydrogen-bond acceptors (Lipinski definition) is 1. The molecule has 0 aliphatic heterocycles. The van der Waals surface area contributed by atoms with Crippen LogP contribution in [0.4, 0.5) is 0 Å². The fourth-order valence-corrected chi connectivity index (χ4v) is 2.23. The summed E-state index contributed by atoms with van der Waals surface area (Å²) in [7, 11) is 0.